The Morgan fingerprint density at radius 2 is 2.25 bits per heavy atom. The van der Waals surface area contributed by atoms with Gasteiger partial charge in [-0.3, -0.25) is 0 Å². The van der Waals surface area contributed by atoms with E-state index < -0.39 is 0 Å². The number of nitrogens with one attached hydrogen (secondary N) is 1. The van der Waals surface area contributed by atoms with Gasteiger partial charge in [-0.15, -0.1) is 0 Å². The fourth-order valence-electron chi connectivity index (χ4n) is 3.89. The third-order valence-corrected chi connectivity index (χ3v) is 4.94. The molecule has 0 bridgehead atoms. The van der Waals surface area contributed by atoms with Gasteiger partial charge in [0.05, 0.1) is 6.61 Å². The summed E-state index contributed by atoms with van der Waals surface area (Å²) in [5, 5.41) is 3.79. The van der Waals surface area contributed by atoms with E-state index in [1.165, 1.54) is 34.9 Å². The van der Waals surface area contributed by atoms with Gasteiger partial charge in [-0.05, 0) is 61.4 Å². The van der Waals surface area contributed by atoms with E-state index in [4.69, 9.17) is 4.74 Å². The van der Waals surface area contributed by atoms with E-state index in [1.54, 1.807) is 0 Å². The van der Waals surface area contributed by atoms with Crippen LogP contribution in [0.15, 0.2) is 16.6 Å². The van der Waals surface area contributed by atoms with E-state index in [0.717, 1.165) is 37.7 Å². The molecule has 2 heterocycles. The summed E-state index contributed by atoms with van der Waals surface area (Å²) in [5.74, 6) is 1.88. The van der Waals surface area contributed by atoms with Crippen LogP contribution >= 0.6 is 15.9 Å². The molecule has 2 aliphatic heterocycles. The van der Waals surface area contributed by atoms with Crippen LogP contribution in [0, 0.1) is 5.92 Å². The molecule has 0 saturated carbocycles. The van der Waals surface area contributed by atoms with Gasteiger partial charge in [0.1, 0.15) is 5.75 Å². The highest BCUT2D eigenvalue weighted by molar-refractivity contribution is 9.10. The van der Waals surface area contributed by atoms with Crippen molar-refractivity contribution in [3.63, 3.8) is 0 Å². The topological polar surface area (TPSA) is 21.3 Å². The first-order valence-corrected chi connectivity index (χ1v) is 8.56. The van der Waals surface area contributed by atoms with Crippen molar-refractivity contribution in [3.05, 3.63) is 27.7 Å². The van der Waals surface area contributed by atoms with E-state index in [1.807, 2.05) is 0 Å². The van der Waals surface area contributed by atoms with E-state index in [-0.39, 0.29) is 5.54 Å². The molecule has 3 rings (SSSR count). The van der Waals surface area contributed by atoms with Crippen molar-refractivity contribution in [3.8, 4) is 5.75 Å². The molecule has 1 N–H and O–H groups in total. The lowest BCUT2D eigenvalue weighted by Crippen LogP contribution is -2.43. The molecule has 2 aliphatic rings. The smallest absolute Gasteiger partial charge is 0.125 e. The van der Waals surface area contributed by atoms with Crippen LogP contribution in [0.3, 0.4) is 0 Å². The summed E-state index contributed by atoms with van der Waals surface area (Å²) in [7, 11) is 0. The zero-order valence-corrected chi connectivity index (χ0v) is 14.1. The Bertz CT molecular complexity index is 492. The molecular weight excluding hydrogens is 314 g/mol. The van der Waals surface area contributed by atoms with Crippen molar-refractivity contribution in [1.29, 1.82) is 0 Å². The van der Waals surface area contributed by atoms with Gasteiger partial charge in [0.15, 0.2) is 0 Å². The summed E-state index contributed by atoms with van der Waals surface area (Å²) in [4.78, 5) is 0. The minimum absolute atomic E-state index is 0.272. The quantitative estimate of drug-likeness (QED) is 0.893. The average Bonchev–Trinajstić information content (AvgIpc) is 2.97. The van der Waals surface area contributed by atoms with Crippen molar-refractivity contribution in [1.82, 2.24) is 5.32 Å². The number of hydrogen-bond donors (Lipinski definition) is 1. The third kappa shape index (κ3) is 2.89. The van der Waals surface area contributed by atoms with Gasteiger partial charge in [0.2, 0.25) is 0 Å². The second-order valence-electron chi connectivity index (χ2n) is 6.74. The molecule has 1 atom stereocenters. The lowest BCUT2D eigenvalue weighted by atomic mass is 9.81. The third-order valence-electron chi connectivity index (χ3n) is 4.49. The van der Waals surface area contributed by atoms with Crippen LogP contribution in [0.1, 0.15) is 44.2 Å². The van der Waals surface area contributed by atoms with Crippen molar-refractivity contribution < 1.29 is 4.74 Å². The molecule has 3 heteroatoms. The zero-order chi connectivity index (χ0) is 14.2. The Hall–Kier alpha value is -0.540. The number of rotatable bonds is 4. The van der Waals surface area contributed by atoms with E-state index in [9.17, 15) is 0 Å². The zero-order valence-electron chi connectivity index (χ0n) is 12.5. The van der Waals surface area contributed by atoms with Gasteiger partial charge in [-0.1, -0.05) is 29.8 Å². The van der Waals surface area contributed by atoms with Gasteiger partial charge >= 0.3 is 0 Å². The van der Waals surface area contributed by atoms with E-state index in [0.29, 0.717) is 0 Å². The Morgan fingerprint density at radius 3 is 2.95 bits per heavy atom. The molecular formula is C17H24BrNO. The molecule has 1 unspecified atom stereocenters. The number of ether oxygens (including phenoxy) is 1. The van der Waals surface area contributed by atoms with Gasteiger partial charge < -0.3 is 10.1 Å². The molecule has 1 saturated heterocycles. The normalized spacial score (nSPS) is 25.0. The van der Waals surface area contributed by atoms with E-state index in [2.05, 4.69) is 47.2 Å². The number of hydrogen-bond acceptors (Lipinski definition) is 2. The Balaban J connectivity index is 1.89. The highest BCUT2D eigenvalue weighted by atomic mass is 79.9. The van der Waals surface area contributed by atoms with Crippen LogP contribution in [0.25, 0.3) is 0 Å². The summed E-state index contributed by atoms with van der Waals surface area (Å²) in [6, 6.07) is 4.47. The van der Waals surface area contributed by atoms with Gasteiger partial charge in [0, 0.05) is 16.4 Å². The molecule has 110 valence electrons. The second-order valence-corrected chi connectivity index (χ2v) is 7.65. The Morgan fingerprint density at radius 1 is 1.40 bits per heavy atom. The predicted molar refractivity (Wildman–Crippen MR) is 86.5 cm³/mol. The van der Waals surface area contributed by atoms with Gasteiger partial charge in [-0.2, -0.15) is 0 Å². The first-order valence-electron chi connectivity index (χ1n) is 7.77. The monoisotopic (exact) mass is 337 g/mol. The molecule has 20 heavy (non-hydrogen) atoms. The van der Waals surface area contributed by atoms with Crippen LogP contribution in [0.4, 0.5) is 0 Å². The molecule has 0 aliphatic carbocycles. The van der Waals surface area contributed by atoms with Crippen molar-refractivity contribution in [2.75, 3.05) is 13.2 Å². The van der Waals surface area contributed by atoms with Crippen LogP contribution < -0.4 is 10.1 Å². The maximum absolute atomic E-state index is 5.90. The lowest BCUT2D eigenvalue weighted by Gasteiger charge is -2.32. The van der Waals surface area contributed by atoms with Crippen LogP contribution in [0.5, 0.6) is 5.75 Å². The summed E-state index contributed by atoms with van der Waals surface area (Å²) in [6.07, 6.45) is 5.96. The summed E-state index contributed by atoms with van der Waals surface area (Å²) >= 11 is 3.66. The Kier molecular flexibility index (Phi) is 4.09. The standard InChI is InChI=1S/C17H24BrNO/c1-12(2)10-17(5-3-6-19-17)11-14-9-15(18)8-13-4-7-20-16(13)14/h8-9,12,19H,3-7,10-11H2,1-2H3. The molecule has 0 aromatic heterocycles. The van der Waals surface area contributed by atoms with Crippen molar-refractivity contribution in [2.45, 2.75) is 51.5 Å². The summed E-state index contributed by atoms with van der Waals surface area (Å²) in [6.45, 7) is 6.64. The summed E-state index contributed by atoms with van der Waals surface area (Å²) < 4.78 is 7.09. The predicted octanol–water partition coefficient (Wildman–Crippen LogP) is 4.09. The largest absolute Gasteiger partial charge is 0.493 e. The molecule has 0 amide bonds. The molecule has 2 nitrogen and oxygen atoms in total. The molecule has 1 fully saturated rings. The fourth-order valence-corrected chi connectivity index (χ4v) is 4.44. The van der Waals surface area contributed by atoms with Crippen LogP contribution in [-0.4, -0.2) is 18.7 Å². The Labute approximate surface area is 130 Å². The highest BCUT2D eigenvalue weighted by Gasteiger charge is 2.35. The van der Waals surface area contributed by atoms with E-state index >= 15 is 0 Å². The number of fused-ring (bicyclic) bond motifs is 1. The molecule has 1 aromatic rings. The number of benzene rings is 1. The second kappa shape index (κ2) is 5.69. The maximum Gasteiger partial charge on any atom is 0.125 e. The maximum atomic E-state index is 5.90. The molecule has 1 aromatic carbocycles. The van der Waals surface area contributed by atoms with Gasteiger partial charge in [-0.25, -0.2) is 0 Å². The number of halogens is 1. The fraction of sp³-hybridized carbons (Fsp3) is 0.647. The minimum atomic E-state index is 0.272. The summed E-state index contributed by atoms with van der Waals surface area (Å²) in [5.41, 5.74) is 3.02. The lowest BCUT2D eigenvalue weighted by molar-refractivity contribution is 0.294. The molecule has 0 radical (unpaired) electrons. The molecule has 0 spiro atoms. The van der Waals surface area contributed by atoms with Crippen LogP contribution in [-0.2, 0) is 12.8 Å². The van der Waals surface area contributed by atoms with Crippen molar-refractivity contribution in [2.24, 2.45) is 5.92 Å². The minimum Gasteiger partial charge on any atom is -0.493 e. The van der Waals surface area contributed by atoms with Gasteiger partial charge in [0.25, 0.3) is 0 Å². The first-order chi connectivity index (χ1) is 9.58. The SMILES string of the molecule is CC(C)CC1(Cc2cc(Br)cc3c2OCC3)CCCN1. The highest BCUT2D eigenvalue weighted by Crippen LogP contribution is 2.38. The van der Waals surface area contributed by atoms with Crippen LogP contribution in [0.2, 0.25) is 0 Å². The average molecular weight is 338 g/mol. The first kappa shape index (κ1) is 14.4. The van der Waals surface area contributed by atoms with Crippen molar-refractivity contribution >= 4 is 15.9 Å².